The average Bonchev–Trinajstić information content (AvgIpc) is 2.67. The van der Waals surface area contributed by atoms with Crippen molar-refractivity contribution < 1.29 is 19.1 Å². The minimum atomic E-state index is -0.300. The predicted molar refractivity (Wildman–Crippen MR) is 111 cm³/mol. The molecular weight excluding hydrogens is 340 g/mol. The van der Waals surface area contributed by atoms with Gasteiger partial charge in [0.15, 0.2) is 0 Å². The van der Waals surface area contributed by atoms with Gasteiger partial charge >= 0.3 is 11.9 Å². The lowest BCUT2D eigenvalue weighted by Crippen LogP contribution is -2.03. The third kappa shape index (κ3) is 17.1. The Kier molecular flexibility index (Phi) is 17.2. The summed E-state index contributed by atoms with van der Waals surface area (Å²) < 4.78 is 9.59. The van der Waals surface area contributed by atoms with Crippen LogP contribution in [0.25, 0.3) is 6.08 Å². The zero-order chi connectivity index (χ0) is 20.2. The Bertz CT molecular complexity index is 508. The molecule has 0 saturated carbocycles. The second-order valence-electron chi connectivity index (χ2n) is 6.17. The van der Waals surface area contributed by atoms with Crippen molar-refractivity contribution in [2.24, 2.45) is 0 Å². The highest BCUT2D eigenvalue weighted by molar-refractivity contribution is 5.86. The van der Waals surface area contributed by atoms with Crippen LogP contribution in [-0.4, -0.2) is 25.2 Å². The van der Waals surface area contributed by atoms with Crippen LogP contribution >= 0.6 is 0 Å². The van der Waals surface area contributed by atoms with Crippen LogP contribution < -0.4 is 0 Å². The first-order valence-corrected chi connectivity index (χ1v) is 10.2. The van der Waals surface area contributed by atoms with Crippen molar-refractivity contribution in [3.8, 4) is 0 Å². The van der Waals surface area contributed by atoms with Gasteiger partial charge in [0.1, 0.15) is 0 Å². The van der Waals surface area contributed by atoms with Crippen LogP contribution in [0.4, 0.5) is 0 Å². The van der Waals surface area contributed by atoms with Gasteiger partial charge < -0.3 is 9.47 Å². The fourth-order valence-corrected chi connectivity index (χ4v) is 2.38. The van der Waals surface area contributed by atoms with E-state index >= 15 is 0 Å². The zero-order valence-electron chi connectivity index (χ0n) is 17.2. The van der Waals surface area contributed by atoms with E-state index in [0.717, 1.165) is 12.0 Å². The quantitative estimate of drug-likeness (QED) is 0.257. The summed E-state index contributed by atoms with van der Waals surface area (Å²) in [7, 11) is 0. The molecule has 4 nitrogen and oxygen atoms in total. The van der Waals surface area contributed by atoms with Crippen LogP contribution in [0.15, 0.2) is 36.4 Å². The van der Waals surface area contributed by atoms with Crippen molar-refractivity contribution in [2.45, 2.75) is 72.1 Å². The first-order valence-electron chi connectivity index (χ1n) is 10.2. The Morgan fingerprint density at radius 2 is 1.41 bits per heavy atom. The van der Waals surface area contributed by atoms with E-state index in [1.807, 2.05) is 37.3 Å². The second kappa shape index (κ2) is 18.7. The van der Waals surface area contributed by atoms with Crippen LogP contribution in [0, 0.1) is 0 Å². The van der Waals surface area contributed by atoms with E-state index in [2.05, 4.69) is 6.92 Å². The molecule has 152 valence electrons. The van der Waals surface area contributed by atoms with Gasteiger partial charge in [0, 0.05) is 12.5 Å². The van der Waals surface area contributed by atoms with E-state index in [9.17, 15) is 9.59 Å². The first kappa shape index (κ1) is 24.9. The van der Waals surface area contributed by atoms with Crippen molar-refractivity contribution >= 4 is 18.0 Å². The number of rotatable bonds is 12. The summed E-state index contributed by atoms with van der Waals surface area (Å²) in [5.74, 6) is -0.340. The first-order chi connectivity index (χ1) is 13.1. The predicted octanol–water partition coefficient (Wildman–Crippen LogP) is 5.95. The second-order valence-corrected chi connectivity index (χ2v) is 6.17. The highest BCUT2D eigenvalue weighted by Gasteiger charge is 2.00. The van der Waals surface area contributed by atoms with Crippen LogP contribution in [0.3, 0.4) is 0 Å². The summed E-state index contributed by atoms with van der Waals surface area (Å²) in [6.07, 6.45) is 12.5. The Morgan fingerprint density at radius 3 is 2.00 bits per heavy atom. The number of esters is 2. The fraction of sp³-hybridized carbons (Fsp3) is 0.565. The molecule has 0 aromatic heterocycles. The van der Waals surface area contributed by atoms with Gasteiger partial charge in [-0.1, -0.05) is 75.8 Å². The summed E-state index contributed by atoms with van der Waals surface area (Å²) in [5.41, 5.74) is 0.996. The van der Waals surface area contributed by atoms with E-state index in [0.29, 0.717) is 19.6 Å². The maximum absolute atomic E-state index is 11.0. The summed E-state index contributed by atoms with van der Waals surface area (Å²) in [6, 6.07) is 9.63. The van der Waals surface area contributed by atoms with E-state index in [4.69, 9.17) is 9.47 Å². The molecule has 4 heteroatoms. The molecular formula is C23H36O4. The van der Waals surface area contributed by atoms with Crippen molar-refractivity contribution in [1.82, 2.24) is 0 Å². The molecule has 27 heavy (non-hydrogen) atoms. The van der Waals surface area contributed by atoms with Crippen LogP contribution in [0.1, 0.15) is 77.7 Å². The van der Waals surface area contributed by atoms with Gasteiger partial charge in [-0.2, -0.15) is 0 Å². The normalized spacial score (nSPS) is 10.2. The number of benzene rings is 1. The van der Waals surface area contributed by atoms with Crippen molar-refractivity contribution in [2.75, 3.05) is 13.2 Å². The number of unbranched alkanes of at least 4 members (excludes halogenated alkanes) is 6. The molecule has 0 heterocycles. The van der Waals surface area contributed by atoms with Crippen molar-refractivity contribution in [3.63, 3.8) is 0 Å². The van der Waals surface area contributed by atoms with E-state index in [1.54, 1.807) is 13.0 Å². The standard InChI is InChI=1S/C12H24O2.C11H12O2/c1-3-5-6-7-8-9-10-11-12(13)14-4-2;1-2-13-11(12)9-8-10-6-4-3-5-7-10/h3-11H2,1-2H3;3-9H,2H2,1H3. The molecule has 0 bridgehead atoms. The Morgan fingerprint density at radius 1 is 0.815 bits per heavy atom. The number of hydrogen-bond donors (Lipinski definition) is 0. The zero-order valence-corrected chi connectivity index (χ0v) is 17.2. The van der Waals surface area contributed by atoms with Gasteiger partial charge in [-0.05, 0) is 31.9 Å². The maximum atomic E-state index is 11.0. The summed E-state index contributed by atoms with van der Waals surface area (Å²) >= 11 is 0. The summed E-state index contributed by atoms with van der Waals surface area (Å²) in [5, 5.41) is 0. The SMILES string of the molecule is CCCCCCCCCC(=O)OCC.CCOC(=O)C=Cc1ccccc1. The molecule has 0 aliphatic heterocycles. The number of carbonyl (C=O) groups excluding carboxylic acids is 2. The molecule has 0 atom stereocenters. The Labute approximate surface area is 165 Å². The highest BCUT2D eigenvalue weighted by Crippen LogP contribution is 2.08. The summed E-state index contributed by atoms with van der Waals surface area (Å²) in [6.45, 7) is 6.78. The Balaban J connectivity index is 0.000000501. The molecule has 0 fully saturated rings. The number of carbonyl (C=O) groups is 2. The van der Waals surface area contributed by atoms with Crippen LogP contribution in [-0.2, 0) is 19.1 Å². The van der Waals surface area contributed by atoms with E-state index in [-0.39, 0.29) is 11.9 Å². The molecule has 0 unspecified atom stereocenters. The van der Waals surface area contributed by atoms with Gasteiger partial charge in [0.05, 0.1) is 13.2 Å². The van der Waals surface area contributed by atoms with E-state index in [1.165, 1.54) is 44.6 Å². The lowest BCUT2D eigenvalue weighted by Gasteiger charge is -2.01. The molecule has 1 aromatic rings. The fourth-order valence-electron chi connectivity index (χ4n) is 2.38. The summed E-state index contributed by atoms with van der Waals surface area (Å²) in [4.78, 5) is 21.9. The molecule has 0 aliphatic carbocycles. The van der Waals surface area contributed by atoms with Gasteiger partial charge in [0.25, 0.3) is 0 Å². The van der Waals surface area contributed by atoms with E-state index < -0.39 is 0 Å². The highest BCUT2D eigenvalue weighted by atomic mass is 16.5. The topological polar surface area (TPSA) is 52.6 Å². The smallest absolute Gasteiger partial charge is 0.330 e. The molecule has 0 amide bonds. The lowest BCUT2D eigenvalue weighted by molar-refractivity contribution is -0.143. The number of ether oxygens (including phenoxy) is 2. The molecule has 0 radical (unpaired) electrons. The molecule has 0 spiro atoms. The third-order valence-electron chi connectivity index (χ3n) is 3.79. The van der Waals surface area contributed by atoms with Crippen molar-refractivity contribution in [3.05, 3.63) is 42.0 Å². The van der Waals surface area contributed by atoms with Crippen LogP contribution in [0.2, 0.25) is 0 Å². The molecule has 0 N–H and O–H groups in total. The molecule has 0 saturated heterocycles. The van der Waals surface area contributed by atoms with Gasteiger partial charge in [0.2, 0.25) is 0 Å². The minimum Gasteiger partial charge on any atom is -0.466 e. The van der Waals surface area contributed by atoms with Gasteiger partial charge in [-0.25, -0.2) is 4.79 Å². The number of hydrogen-bond acceptors (Lipinski definition) is 4. The molecule has 0 aliphatic rings. The average molecular weight is 377 g/mol. The maximum Gasteiger partial charge on any atom is 0.330 e. The third-order valence-corrected chi connectivity index (χ3v) is 3.79. The van der Waals surface area contributed by atoms with Gasteiger partial charge in [-0.3, -0.25) is 4.79 Å². The molecule has 1 rings (SSSR count). The molecule has 1 aromatic carbocycles. The Hall–Kier alpha value is -2.10. The van der Waals surface area contributed by atoms with Gasteiger partial charge in [-0.15, -0.1) is 0 Å². The van der Waals surface area contributed by atoms with Crippen molar-refractivity contribution in [1.29, 1.82) is 0 Å². The largest absolute Gasteiger partial charge is 0.466 e. The lowest BCUT2D eigenvalue weighted by atomic mass is 10.1. The van der Waals surface area contributed by atoms with Crippen LogP contribution in [0.5, 0.6) is 0 Å². The monoisotopic (exact) mass is 376 g/mol. The minimum absolute atomic E-state index is 0.0407.